The predicted molar refractivity (Wildman–Crippen MR) is 95.1 cm³/mol. The number of nitrogens with zero attached hydrogens (tertiary/aromatic N) is 1. The smallest absolute Gasteiger partial charge is 0.240 e. The highest BCUT2D eigenvalue weighted by molar-refractivity contribution is 7.89. The lowest BCUT2D eigenvalue weighted by Gasteiger charge is -2.30. The Kier molecular flexibility index (Phi) is 6.20. The van der Waals surface area contributed by atoms with Crippen LogP contribution in [0.1, 0.15) is 19.8 Å². The van der Waals surface area contributed by atoms with Crippen molar-refractivity contribution in [2.45, 2.75) is 24.7 Å². The lowest BCUT2D eigenvalue weighted by molar-refractivity contribution is -0.114. The number of piperidine rings is 1. The summed E-state index contributed by atoms with van der Waals surface area (Å²) in [7, 11) is -6.83. The normalized spacial score (nSPS) is 17.4. The van der Waals surface area contributed by atoms with Gasteiger partial charge < -0.3 is 5.32 Å². The van der Waals surface area contributed by atoms with Crippen LogP contribution in [0.4, 0.5) is 5.69 Å². The molecular weight excluding hydrogens is 366 g/mol. The van der Waals surface area contributed by atoms with Crippen molar-refractivity contribution in [1.29, 1.82) is 0 Å². The van der Waals surface area contributed by atoms with E-state index in [-0.39, 0.29) is 23.3 Å². The van der Waals surface area contributed by atoms with Gasteiger partial charge in [-0.1, -0.05) is 0 Å². The van der Waals surface area contributed by atoms with Crippen molar-refractivity contribution in [2.75, 3.05) is 31.2 Å². The quantitative estimate of drug-likeness (QED) is 0.740. The Balaban J connectivity index is 1.91. The van der Waals surface area contributed by atoms with Crippen LogP contribution in [0.2, 0.25) is 0 Å². The molecule has 2 N–H and O–H groups in total. The highest BCUT2D eigenvalue weighted by atomic mass is 32.2. The monoisotopic (exact) mass is 389 g/mol. The second-order valence-corrected chi connectivity index (χ2v) is 9.91. The molecule has 140 valence electrons. The number of hydrogen-bond donors (Lipinski definition) is 2. The van der Waals surface area contributed by atoms with Crippen LogP contribution in [0.3, 0.4) is 0 Å². The van der Waals surface area contributed by atoms with E-state index in [0.29, 0.717) is 31.6 Å². The predicted octanol–water partition coefficient (Wildman–Crippen LogP) is 0.595. The number of amides is 1. The van der Waals surface area contributed by atoms with Crippen molar-refractivity contribution < 1.29 is 21.6 Å². The van der Waals surface area contributed by atoms with E-state index in [4.69, 9.17) is 0 Å². The van der Waals surface area contributed by atoms with Gasteiger partial charge in [0, 0.05) is 32.2 Å². The average Bonchev–Trinajstić information content (AvgIpc) is 2.52. The van der Waals surface area contributed by atoms with E-state index < -0.39 is 20.0 Å². The molecule has 1 aliphatic rings. The van der Waals surface area contributed by atoms with Crippen LogP contribution >= 0.6 is 0 Å². The van der Waals surface area contributed by atoms with Gasteiger partial charge in [0.05, 0.1) is 11.2 Å². The third-order valence-corrected chi connectivity index (χ3v) is 6.83. The molecular formula is C15H23N3O5S2. The molecule has 0 aromatic heterocycles. The maximum atomic E-state index is 12.3. The number of nitrogens with one attached hydrogen (secondary N) is 2. The molecule has 1 saturated heterocycles. The Morgan fingerprint density at radius 2 is 1.68 bits per heavy atom. The van der Waals surface area contributed by atoms with Crippen molar-refractivity contribution in [3.05, 3.63) is 24.3 Å². The van der Waals surface area contributed by atoms with Gasteiger partial charge in [-0.3, -0.25) is 4.79 Å². The summed E-state index contributed by atoms with van der Waals surface area (Å²) in [4.78, 5) is 11.1. The van der Waals surface area contributed by atoms with Crippen molar-refractivity contribution in [2.24, 2.45) is 5.92 Å². The number of rotatable bonds is 6. The maximum Gasteiger partial charge on any atom is 0.240 e. The largest absolute Gasteiger partial charge is 0.326 e. The number of carbonyl (C=O) groups excluding carboxylic acids is 1. The van der Waals surface area contributed by atoms with E-state index in [0.717, 1.165) is 0 Å². The second kappa shape index (κ2) is 7.81. The van der Waals surface area contributed by atoms with Gasteiger partial charge in [-0.2, -0.15) is 0 Å². The van der Waals surface area contributed by atoms with Crippen LogP contribution in [0.15, 0.2) is 29.2 Å². The molecule has 0 atom stereocenters. The standard InChI is InChI=1S/C15H23N3O5S2/c1-12(19)17-14-3-5-15(6-4-14)25(22,23)16-11-13-7-9-18(10-8-13)24(2,20)21/h3-6,13,16H,7-11H2,1-2H3,(H,17,19). The van der Waals surface area contributed by atoms with Gasteiger partial charge in [0.2, 0.25) is 26.0 Å². The van der Waals surface area contributed by atoms with Crippen molar-refractivity contribution in [1.82, 2.24) is 9.03 Å². The van der Waals surface area contributed by atoms with E-state index in [9.17, 15) is 21.6 Å². The third kappa shape index (κ3) is 5.77. The fourth-order valence-electron chi connectivity index (χ4n) is 2.68. The molecule has 1 amide bonds. The van der Waals surface area contributed by atoms with Gasteiger partial charge in [-0.25, -0.2) is 25.9 Å². The van der Waals surface area contributed by atoms with E-state index in [1.165, 1.54) is 41.8 Å². The first kappa shape index (κ1) is 19.8. The molecule has 8 nitrogen and oxygen atoms in total. The molecule has 0 bridgehead atoms. The molecule has 1 aliphatic heterocycles. The first-order valence-electron chi connectivity index (χ1n) is 7.90. The van der Waals surface area contributed by atoms with E-state index in [1.54, 1.807) is 0 Å². The summed E-state index contributed by atoms with van der Waals surface area (Å²) in [6.07, 6.45) is 2.43. The van der Waals surface area contributed by atoms with Crippen molar-refractivity contribution in [3.63, 3.8) is 0 Å². The molecule has 0 unspecified atom stereocenters. The minimum absolute atomic E-state index is 0.103. The molecule has 0 radical (unpaired) electrons. The molecule has 25 heavy (non-hydrogen) atoms. The minimum Gasteiger partial charge on any atom is -0.326 e. The summed E-state index contributed by atoms with van der Waals surface area (Å²) in [6.45, 7) is 2.47. The molecule has 1 fully saturated rings. The minimum atomic E-state index is -3.64. The lowest BCUT2D eigenvalue weighted by atomic mass is 9.99. The molecule has 10 heteroatoms. The van der Waals surface area contributed by atoms with Crippen LogP contribution in [-0.4, -0.2) is 52.9 Å². The fourth-order valence-corrected chi connectivity index (χ4v) is 4.67. The maximum absolute atomic E-state index is 12.3. The Morgan fingerprint density at radius 3 is 2.16 bits per heavy atom. The first-order valence-corrected chi connectivity index (χ1v) is 11.2. The summed E-state index contributed by atoms with van der Waals surface area (Å²) in [6, 6.07) is 5.92. The number of sulfonamides is 2. The van der Waals surface area contributed by atoms with Gasteiger partial charge in [0.15, 0.2) is 0 Å². The summed E-state index contributed by atoms with van der Waals surface area (Å²) >= 11 is 0. The number of carbonyl (C=O) groups is 1. The Labute approximate surface area is 148 Å². The number of benzene rings is 1. The van der Waals surface area contributed by atoms with E-state index >= 15 is 0 Å². The topological polar surface area (TPSA) is 113 Å². The van der Waals surface area contributed by atoms with Gasteiger partial charge in [-0.05, 0) is 43.0 Å². The molecule has 0 spiro atoms. The van der Waals surface area contributed by atoms with Crippen LogP contribution in [0.25, 0.3) is 0 Å². The zero-order chi connectivity index (χ0) is 18.7. The molecule has 1 heterocycles. The zero-order valence-corrected chi connectivity index (χ0v) is 15.9. The summed E-state index contributed by atoms with van der Waals surface area (Å²) in [5, 5.41) is 2.58. The van der Waals surface area contributed by atoms with Gasteiger partial charge in [-0.15, -0.1) is 0 Å². The number of hydrogen-bond acceptors (Lipinski definition) is 5. The van der Waals surface area contributed by atoms with Gasteiger partial charge >= 0.3 is 0 Å². The molecule has 1 aromatic carbocycles. The first-order chi connectivity index (χ1) is 11.6. The van der Waals surface area contributed by atoms with Crippen molar-refractivity contribution in [3.8, 4) is 0 Å². The van der Waals surface area contributed by atoms with Crippen LogP contribution in [-0.2, 0) is 24.8 Å². The average molecular weight is 389 g/mol. The van der Waals surface area contributed by atoms with E-state index in [1.807, 2.05) is 0 Å². The Hall–Kier alpha value is -1.49. The summed E-state index contributed by atoms with van der Waals surface area (Å²) in [5.41, 5.74) is 0.527. The van der Waals surface area contributed by atoms with Crippen LogP contribution < -0.4 is 10.0 Å². The molecule has 2 rings (SSSR count). The molecule has 0 saturated carbocycles. The molecule has 0 aliphatic carbocycles. The summed E-state index contributed by atoms with van der Waals surface area (Å²) < 4.78 is 51.6. The van der Waals surface area contributed by atoms with Gasteiger partial charge in [0.1, 0.15) is 0 Å². The Morgan fingerprint density at radius 1 is 1.12 bits per heavy atom. The second-order valence-electron chi connectivity index (χ2n) is 6.16. The molecule has 1 aromatic rings. The lowest BCUT2D eigenvalue weighted by Crippen LogP contribution is -2.41. The SMILES string of the molecule is CC(=O)Nc1ccc(S(=O)(=O)NCC2CCN(S(C)(=O)=O)CC2)cc1. The van der Waals surface area contributed by atoms with Crippen LogP contribution in [0.5, 0.6) is 0 Å². The fraction of sp³-hybridized carbons (Fsp3) is 0.533. The Bertz CT molecular complexity index is 811. The zero-order valence-electron chi connectivity index (χ0n) is 14.2. The van der Waals surface area contributed by atoms with Gasteiger partial charge in [0.25, 0.3) is 0 Å². The van der Waals surface area contributed by atoms with E-state index in [2.05, 4.69) is 10.0 Å². The third-order valence-electron chi connectivity index (χ3n) is 4.09. The van der Waals surface area contributed by atoms with Crippen LogP contribution in [0, 0.1) is 5.92 Å². The highest BCUT2D eigenvalue weighted by Gasteiger charge is 2.26. The number of anilines is 1. The van der Waals surface area contributed by atoms with Crippen molar-refractivity contribution >= 4 is 31.6 Å². The highest BCUT2D eigenvalue weighted by Crippen LogP contribution is 2.20. The summed E-state index contributed by atoms with van der Waals surface area (Å²) in [5.74, 6) is -0.124.